The van der Waals surface area contributed by atoms with Gasteiger partial charge in [0.25, 0.3) is 0 Å². The zero-order valence-corrected chi connectivity index (χ0v) is 9.36. The van der Waals surface area contributed by atoms with E-state index in [4.69, 9.17) is 4.74 Å². The van der Waals surface area contributed by atoms with Crippen molar-refractivity contribution in [3.05, 3.63) is 35.8 Å². The van der Waals surface area contributed by atoms with E-state index in [-0.39, 0.29) is 17.8 Å². The average molecular weight is 258 g/mol. The minimum absolute atomic E-state index is 0.00912. The van der Waals surface area contributed by atoms with Crippen molar-refractivity contribution in [2.24, 2.45) is 0 Å². The molecule has 7 heteroatoms. The molecule has 0 unspecified atom stereocenters. The Kier molecular flexibility index (Phi) is 2.98. The number of imidazole rings is 1. The second kappa shape index (κ2) is 4.32. The van der Waals surface area contributed by atoms with Gasteiger partial charge in [-0.3, -0.25) is 0 Å². The first-order chi connectivity index (χ1) is 8.43. The molecular formula is C11H9F3N2O2. The maximum absolute atomic E-state index is 12.5. The second-order valence-corrected chi connectivity index (χ2v) is 3.50. The van der Waals surface area contributed by atoms with Crippen LogP contribution in [0.15, 0.2) is 24.5 Å². The number of rotatable bonds is 2. The van der Waals surface area contributed by atoms with Crippen molar-refractivity contribution >= 4 is 11.6 Å². The molecule has 0 saturated carbocycles. The Bertz CT molecular complexity index is 589. The van der Waals surface area contributed by atoms with E-state index >= 15 is 0 Å². The Morgan fingerprint density at radius 1 is 1.50 bits per heavy atom. The number of fused-ring (bicyclic) bond motifs is 1. The fourth-order valence-corrected chi connectivity index (χ4v) is 1.52. The molecule has 2 rings (SSSR count). The van der Waals surface area contributed by atoms with Crippen molar-refractivity contribution in [3.63, 3.8) is 0 Å². The van der Waals surface area contributed by atoms with Crippen LogP contribution in [0.5, 0.6) is 0 Å². The van der Waals surface area contributed by atoms with Gasteiger partial charge in [-0.2, -0.15) is 13.2 Å². The van der Waals surface area contributed by atoms with Gasteiger partial charge in [-0.15, -0.1) is 0 Å². The molecule has 2 aromatic heterocycles. The molecule has 0 aliphatic rings. The summed E-state index contributed by atoms with van der Waals surface area (Å²) in [7, 11) is 0. The van der Waals surface area contributed by atoms with Crippen LogP contribution in [0.1, 0.15) is 23.0 Å². The summed E-state index contributed by atoms with van der Waals surface area (Å²) < 4.78 is 43.5. The number of ether oxygens (including phenoxy) is 1. The third kappa shape index (κ3) is 2.15. The number of carbonyl (C=O) groups excluding carboxylic acids is 1. The summed E-state index contributed by atoms with van der Waals surface area (Å²) in [6, 6.07) is 2.83. The van der Waals surface area contributed by atoms with E-state index in [0.29, 0.717) is 0 Å². The van der Waals surface area contributed by atoms with E-state index in [2.05, 4.69) is 4.98 Å². The van der Waals surface area contributed by atoms with Crippen molar-refractivity contribution in [3.8, 4) is 0 Å². The van der Waals surface area contributed by atoms with Crippen LogP contribution in [0.25, 0.3) is 5.65 Å². The summed E-state index contributed by atoms with van der Waals surface area (Å²) >= 11 is 0. The molecule has 18 heavy (non-hydrogen) atoms. The third-order valence-corrected chi connectivity index (χ3v) is 2.27. The van der Waals surface area contributed by atoms with Gasteiger partial charge in [-0.25, -0.2) is 9.78 Å². The highest BCUT2D eigenvalue weighted by Gasteiger charge is 2.34. The maximum atomic E-state index is 12.5. The number of esters is 1. The number of pyridine rings is 1. The molecule has 2 heterocycles. The lowest BCUT2D eigenvalue weighted by Gasteiger charge is -2.02. The summed E-state index contributed by atoms with van der Waals surface area (Å²) in [5, 5.41) is 0. The van der Waals surface area contributed by atoms with E-state index in [9.17, 15) is 18.0 Å². The molecule has 0 saturated heterocycles. The van der Waals surface area contributed by atoms with Gasteiger partial charge in [-0.05, 0) is 19.1 Å². The Hall–Kier alpha value is -2.05. The SMILES string of the molecule is CCOC(=O)c1cccn2cc(C(F)(F)F)nc12. The van der Waals surface area contributed by atoms with Crippen LogP contribution in [0.3, 0.4) is 0 Å². The molecule has 0 fully saturated rings. The number of aromatic nitrogens is 2. The highest BCUT2D eigenvalue weighted by Crippen LogP contribution is 2.29. The van der Waals surface area contributed by atoms with E-state index < -0.39 is 17.8 Å². The van der Waals surface area contributed by atoms with Crippen LogP contribution < -0.4 is 0 Å². The highest BCUT2D eigenvalue weighted by molar-refractivity contribution is 5.95. The zero-order chi connectivity index (χ0) is 13.3. The topological polar surface area (TPSA) is 43.6 Å². The smallest absolute Gasteiger partial charge is 0.434 e. The Morgan fingerprint density at radius 2 is 2.22 bits per heavy atom. The average Bonchev–Trinajstić information content (AvgIpc) is 2.72. The van der Waals surface area contributed by atoms with Gasteiger partial charge in [0, 0.05) is 12.4 Å². The van der Waals surface area contributed by atoms with Crippen molar-refractivity contribution in [1.82, 2.24) is 9.38 Å². The summed E-state index contributed by atoms with van der Waals surface area (Å²) in [6.45, 7) is 1.76. The van der Waals surface area contributed by atoms with Crippen LogP contribution in [0, 0.1) is 0 Å². The normalized spacial score (nSPS) is 11.8. The molecule has 0 bridgehead atoms. The van der Waals surface area contributed by atoms with Gasteiger partial charge < -0.3 is 9.14 Å². The Morgan fingerprint density at radius 3 is 2.83 bits per heavy atom. The van der Waals surface area contributed by atoms with E-state index in [1.165, 1.54) is 18.3 Å². The molecule has 0 aliphatic heterocycles. The number of halogens is 3. The molecule has 0 aliphatic carbocycles. The molecule has 2 aromatic rings. The quantitative estimate of drug-likeness (QED) is 0.777. The van der Waals surface area contributed by atoms with Crippen LogP contribution in [0.4, 0.5) is 13.2 Å². The van der Waals surface area contributed by atoms with Gasteiger partial charge in [-0.1, -0.05) is 0 Å². The summed E-state index contributed by atoms with van der Waals surface area (Å²) in [5.41, 5.74) is -1.10. The van der Waals surface area contributed by atoms with E-state index in [1.807, 2.05) is 0 Å². The van der Waals surface area contributed by atoms with Crippen LogP contribution >= 0.6 is 0 Å². The van der Waals surface area contributed by atoms with Gasteiger partial charge >= 0.3 is 12.1 Å². The number of nitrogens with zero attached hydrogens (tertiary/aromatic N) is 2. The maximum Gasteiger partial charge on any atom is 0.434 e. The summed E-state index contributed by atoms with van der Waals surface area (Å²) in [5.74, 6) is -0.692. The standard InChI is InChI=1S/C11H9F3N2O2/c1-2-18-10(17)7-4-3-5-16-6-8(11(12,13)14)15-9(7)16/h3-6H,2H2,1H3. The van der Waals surface area contributed by atoms with E-state index in [0.717, 1.165) is 10.6 Å². The lowest BCUT2D eigenvalue weighted by Crippen LogP contribution is -2.07. The highest BCUT2D eigenvalue weighted by atomic mass is 19.4. The minimum atomic E-state index is -4.54. The Labute approximate surface area is 100 Å². The van der Waals surface area contributed by atoms with Crippen molar-refractivity contribution < 1.29 is 22.7 Å². The lowest BCUT2D eigenvalue weighted by atomic mass is 10.3. The molecule has 0 aromatic carbocycles. The first-order valence-electron chi connectivity index (χ1n) is 5.15. The minimum Gasteiger partial charge on any atom is -0.462 e. The second-order valence-electron chi connectivity index (χ2n) is 3.50. The summed E-state index contributed by atoms with van der Waals surface area (Å²) in [6.07, 6.45) is -2.32. The number of alkyl halides is 3. The third-order valence-electron chi connectivity index (χ3n) is 2.27. The number of hydrogen-bond donors (Lipinski definition) is 0. The first-order valence-corrected chi connectivity index (χ1v) is 5.15. The van der Waals surface area contributed by atoms with Gasteiger partial charge in [0.2, 0.25) is 0 Å². The molecule has 0 N–H and O–H groups in total. The lowest BCUT2D eigenvalue weighted by molar-refractivity contribution is -0.140. The van der Waals surface area contributed by atoms with Gasteiger partial charge in [0.1, 0.15) is 5.56 Å². The van der Waals surface area contributed by atoms with Crippen molar-refractivity contribution in [2.45, 2.75) is 13.1 Å². The molecule has 0 radical (unpaired) electrons. The molecule has 4 nitrogen and oxygen atoms in total. The van der Waals surface area contributed by atoms with E-state index in [1.54, 1.807) is 6.92 Å². The number of hydrogen-bond acceptors (Lipinski definition) is 3. The monoisotopic (exact) mass is 258 g/mol. The zero-order valence-electron chi connectivity index (χ0n) is 9.36. The molecule has 0 atom stereocenters. The van der Waals surface area contributed by atoms with Crippen LogP contribution in [-0.2, 0) is 10.9 Å². The summed E-state index contributed by atoms with van der Waals surface area (Å²) in [4.78, 5) is 15.0. The van der Waals surface area contributed by atoms with Gasteiger partial charge in [0.15, 0.2) is 11.3 Å². The van der Waals surface area contributed by atoms with Crippen molar-refractivity contribution in [2.75, 3.05) is 6.61 Å². The molecule has 0 spiro atoms. The molecule has 96 valence electrons. The molecule has 0 amide bonds. The number of carbonyl (C=O) groups is 1. The first kappa shape index (κ1) is 12.4. The fourth-order valence-electron chi connectivity index (χ4n) is 1.52. The van der Waals surface area contributed by atoms with Crippen LogP contribution in [0.2, 0.25) is 0 Å². The fraction of sp³-hybridized carbons (Fsp3) is 0.273. The predicted octanol–water partition coefficient (Wildman–Crippen LogP) is 2.53. The molecular weight excluding hydrogens is 249 g/mol. The van der Waals surface area contributed by atoms with Crippen molar-refractivity contribution in [1.29, 1.82) is 0 Å². The predicted molar refractivity (Wildman–Crippen MR) is 56.2 cm³/mol. The largest absolute Gasteiger partial charge is 0.462 e. The van der Waals surface area contributed by atoms with Gasteiger partial charge in [0.05, 0.1) is 6.61 Å². The Balaban J connectivity index is 2.56. The van der Waals surface area contributed by atoms with Crippen LogP contribution in [-0.4, -0.2) is 22.0 Å².